The molecular formula is C27H38FN5O3. The summed E-state index contributed by atoms with van der Waals surface area (Å²) in [5, 5.41) is 6.84. The summed E-state index contributed by atoms with van der Waals surface area (Å²) in [6.45, 7) is 3.43. The third kappa shape index (κ3) is 4.53. The quantitative estimate of drug-likeness (QED) is 0.519. The number of nitrogens with one attached hydrogen (secondary N) is 3. The van der Waals surface area contributed by atoms with Gasteiger partial charge in [-0.2, -0.15) is 0 Å². The van der Waals surface area contributed by atoms with Crippen LogP contribution in [0.2, 0.25) is 0 Å². The number of aromatic nitrogens is 1. The number of benzene rings is 1. The Morgan fingerprint density at radius 2 is 2.03 bits per heavy atom. The molecule has 0 spiro atoms. The molecule has 3 N–H and O–H groups in total. The van der Waals surface area contributed by atoms with Crippen molar-refractivity contribution in [3.63, 3.8) is 0 Å². The minimum atomic E-state index is -0.740. The van der Waals surface area contributed by atoms with Crippen LogP contribution in [-0.2, 0) is 14.3 Å². The monoisotopic (exact) mass is 499 g/mol. The second-order valence-electron chi connectivity index (χ2n) is 10.6. The summed E-state index contributed by atoms with van der Waals surface area (Å²) in [6.07, 6.45) is 7.82. The highest BCUT2D eigenvalue weighted by molar-refractivity contribution is 5.90. The maximum Gasteiger partial charge on any atom is 0.247 e. The van der Waals surface area contributed by atoms with Crippen molar-refractivity contribution in [2.24, 2.45) is 0 Å². The van der Waals surface area contributed by atoms with Gasteiger partial charge in [-0.3, -0.25) is 14.5 Å². The summed E-state index contributed by atoms with van der Waals surface area (Å²) < 4.78 is 19.2. The van der Waals surface area contributed by atoms with E-state index in [9.17, 15) is 14.0 Å². The first-order chi connectivity index (χ1) is 17.4. The van der Waals surface area contributed by atoms with Crippen molar-refractivity contribution in [1.29, 1.82) is 0 Å². The Kier molecular flexibility index (Phi) is 7.32. The lowest BCUT2D eigenvalue weighted by molar-refractivity contribution is -0.139. The number of nitrogens with zero attached hydrogens (tertiary/aromatic N) is 2. The molecule has 2 saturated heterocycles. The first-order valence-electron chi connectivity index (χ1n) is 13.2. The van der Waals surface area contributed by atoms with Gasteiger partial charge in [-0.05, 0) is 57.0 Å². The van der Waals surface area contributed by atoms with Gasteiger partial charge in [0.25, 0.3) is 0 Å². The van der Waals surface area contributed by atoms with E-state index < -0.39 is 12.1 Å². The smallest absolute Gasteiger partial charge is 0.247 e. The molecule has 5 atom stereocenters. The topological polar surface area (TPSA) is 89.7 Å². The zero-order valence-corrected chi connectivity index (χ0v) is 21.4. The minimum absolute atomic E-state index is 0.000125. The van der Waals surface area contributed by atoms with Gasteiger partial charge in [-0.15, -0.1) is 0 Å². The fourth-order valence-electron chi connectivity index (χ4n) is 6.71. The van der Waals surface area contributed by atoms with Crippen LogP contribution in [0.1, 0.15) is 50.5 Å². The molecule has 1 aromatic carbocycles. The first-order valence-corrected chi connectivity index (χ1v) is 13.2. The Balaban J connectivity index is 1.46. The van der Waals surface area contributed by atoms with Crippen LogP contribution in [0.4, 0.5) is 4.39 Å². The van der Waals surface area contributed by atoms with E-state index in [0.29, 0.717) is 12.6 Å². The van der Waals surface area contributed by atoms with Gasteiger partial charge >= 0.3 is 0 Å². The molecule has 3 aliphatic rings. The maximum atomic E-state index is 13.9. The number of carbonyl (C=O) groups excluding carboxylic acids is 2. The Labute approximate surface area is 211 Å². The zero-order valence-electron chi connectivity index (χ0n) is 21.4. The molecule has 0 bridgehead atoms. The number of ether oxygens (including phenoxy) is 1. The molecule has 1 saturated carbocycles. The minimum Gasteiger partial charge on any atom is -0.382 e. The number of halogens is 1. The molecule has 2 amide bonds. The average Bonchev–Trinajstić information content (AvgIpc) is 3.66. The van der Waals surface area contributed by atoms with Gasteiger partial charge in [0.2, 0.25) is 11.8 Å². The number of hydrogen-bond acceptors (Lipinski definition) is 5. The Hall–Kier alpha value is -2.49. The van der Waals surface area contributed by atoms with Gasteiger partial charge in [0, 0.05) is 55.3 Å². The molecule has 2 aliphatic heterocycles. The van der Waals surface area contributed by atoms with Crippen molar-refractivity contribution >= 4 is 22.7 Å². The predicted molar refractivity (Wildman–Crippen MR) is 136 cm³/mol. The molecule has 3 fully saturated rings. The van der Waals surface area contributed by atoms with Crippen molar-refractivity contribution in [3.8, 4) is 0 Å². The summed E-state index contributed by atoms with van der Waals surface area (Å²) in [4.78, 5) is 34.4. The standard InChI is InChI=1S/C27H38FN5O3/c1-16(29-2)26(34)31-23(15-36-3)27(35)32-11-10-24-25(32)21(14-33(24)18-6-4-5-7-18)20-13-30-22-12-17(28)8-9-19(20)22/h8-9,12-13,16,18,21,23-25,29-30H,4-7,10-11,14-15H2,1-3H3,(H,31,34)/t16-,21+,23-,24+,25+/m0/s1. The SMILES string of the molecule is CN[C@@H](C)C(=O)N[C@@H](COC)C(=O)N1CC[C@@H]2[C@H]1[C@@H](c1c[nH]c3cc(F)ccc13)CN2C1CCCC1. The van der Waals surface area contributed by atoms with Gasteiger partial charge in [0.1, 0.15) is 11.9 Å². The van der Waals surface area contributed by atoms with Crippen LogP contribution in [0.3, 0.4) is 0 Å². The molecular weight excluding hydrogens is 461 g/mol. The van der Waals surface area contributed by atoms with E-state index in [2.05, 4.69) is 20.5 Å². The summed E-state index contributed by atoms with van der Waals surface area (Å²) >= 11 is 0. The Bertz CT molecular complexity index is 1100. The average molecular weight is 500 g/mol. The molecule has 1 aromatic heterocycles. The molecule has 8 nitrogen and oxygen atoms in total. The lowest BCUT2D eigenvalue weighted by atomic mass is 9.91. The second kappa shape index (κ2) is 10.5. The zero-order chi connectivity index (χ0) is 25.4. The van der Waals surface area contributed by atoms with E-state index in [1.165, 1.54) is 37.8 Å². The van der Waals surface area contributed by atoms with Crippen LogP contribution in [0.15, 0.2) is 24.4 Å². The number of H-pyrrole nitrogens is 1. The summed E-state index contributed by atoms with van der Waals surface area (Å²) in [7, 11) is 3.27. The fourth-order valence-corrected chi connectivity index (χ4v) is 6.71. The summed E-state index contributed by atoms with van der Waals surface area (Å²) in [5.41, 5.74) is 1.92. The van der Waals surface area contributed by atoms with Crippen LogP contribution >= 0.6 is 0 Å². The van der Waals surface area contributed by atoms with Crippen molar-refractivity contribution in [2.45, 2.75) is 75.2 Å². The number of fused-ring (bicyclic) bond motifs is 2. The number of hydrogen-bond donors (Lipinski definition) is 3. The van der Waals surface area contributed by atoms with E-state index in [-0.39, 0.29) is 42.2 Å². The van der Waals surface area contributed by atoms with Crippen LogP contribution in [0, 0.1) is 5.82 Å². The molecule has 3 heterocycles. The highest BCUT2D eigenvalue weighted by atomic mass is 19.1. The van der Waals surface area contributed by atoms with Crippen LogP contribution in [0.25, 0.3) is 10.9 Å². The van der Waals surface area contributed by atoms with E-state index in [0.717, 1.165) is 29.4 Å². The second-order valence-corrected chi connectivity index (χ2v) is 10.6. The summed E-state index contributed by atoms with van der Waals surface area (Å²) in [6, 6.07) is 4.56. The number of carbonyl (C=O) groups is 2. The van der Waals surface area contributed by atoms with Gasteiger partial charge in [-0.25, -0.2) is 4.39 Å². The number of amides is 2. The number of rotatable bonds is 8. The van der Waals surface area contributed by atoms with Gasteiger partial charge in [0.15, 0.2) is 0 Å². The highest BCUT2D eigenvalue weighted by Crippen LogP contribution is 2.45. The predicted octanol–water partition coefficient (Wildman–Crippen LogP) is 2.36. The molecule has 196 valence electrons. The number of likely N-dealkylation sites (tertiary alicyclic amines) is 2. The van der Waals surface area contributed by atoms with Crippen molar-refractivity contribution in [3.05, 3.63) is 35.8 Å². The number of methoxy groups -OCH3 is 1. The normalized spacial score (nSPS) is 26.4. The molecule has 2 aromatic rings. The van der Waals surface area contributed by atoms with Gasteiger partial charge < -0.3 is 25.3 Å². The maximum absolute atomic E-state index is 13.9. The third-order valence-corrected chi connectivity index (χ3v) is 8.59. The van der Waals surface area contributed by atoms with Gasteiger partial charge in [0.05, 0.1) is 18.7 Å². The van der Waals surface area contributed by atoms with Crippen LogP contribution in [-0.4, -0.2) is 90.7 Å². The fraction of sp³-hybridized carbons (Fsp3) is 0.630. The van der Waals surface area contributed by atoms with E-state index >= 15 is 0 Å². The van der Waals surface area contributed by atoms with Crippen molar-refractivity contribution in [2.75, 3.05) is 33.9 Å². The molecule has 0 radical (unpaired) electrons. The number of likely N-dealkylation sites (N-methyl/N-ethyl adjacent to an activating group) is 1. The van der Waals surface area contributed by atoms with E-state index in [4.69, 9.17) is 4.74 Å². The number of aromatic amines is 1. The Morgan fingerprint density at radius 1 is 1.25 bits per heavy atom. The van der Waals surface area contributed by atoms with Crippen molar-refractivity contribution < 1.29 is 18.7 Å². The lowest BCUT2D eigenvalue weighted by Gasteiger charge is -2.32. The van der Waals surface area contributed by atoms with Crippen LogP contribution in [0.5, 0.6) is 0 Å². The largest absolute Gasteiger partial charge is 0.382 e. The van der Waals surface area contributed by atoms with Crippen LogP contribution < -0.4 is 10.6 Å². The molecule has 36 heavy (non-hydrogen) atoms. The van der Waals surface area contributed by atoms with E-state index in [1.807, 2.05) is 17.2 Å². The Morgan fingerprint density at radius 3 is 2.75 bits per heavy atom. The molecule has 0 unspecified atom stereocenters. The summed E-state index contributed by atoms with van der Waals surface area (Å²) in [5.74, 6) is -0.473. The molecule has 1 aliphatic carbocycles. The molecule has 9 heteroatoms. The highest BCUT2D eigenvalue weighted by Gasteiger charge is 2.53. The van der Waals surface area contributed by atoms with E-state index in [1.54, 1.807) is 21.1 Å². The third-order valence-electron chi connectivity index (χ3n) is 8.59. The van der Waals surface area contributed by atoms with Crippen molar-refractivity contribution in [1.82, 2.24) is 25.4 Å². The molecule has 5 rings (SSSR count). The lowest BCUT2D eigenvalue weighted by Crippen LogP contribution is -2.56. The van der Waals surface area contributed by atoms with Gasteiger partial charge in [-0.1, -0.05) is 12.8 Å². The first kappa shape index (κ1) is 25.2.